The second-order valence-electron chi connectivity index (χ2n) is 7.41. The van der Waals surface area contributed by atoms with Crippen LogP contribution in [0.2, 0.25) is 0 Å². The van der Waals surface area contributed by atoms with Crippen LogP contribution in [-0.4, -0.2) is 53.4 Å². The summed E-state index contributed by atoms with van der Waals surface area (Å²) in [5, 5.41) is 11.1. The average molecular weight is 514 g/mol. The number of halogens is 1. The monoisotopic (exact) mass is 514 g/mol. The van der Waals surface area contributed by atoms with E-state index in [1.165, 1.54) is 24.8 Å². The fourth-order valence-electron chi connectivity index (χ4n) is 3.65. The summed E-state index contributed by atoms with van der Waals surface area (Å²) in [7, 11) is 0. The van der Waals surface area contributed by atoms with Gasteiger partial charge in [0, 0.05) is 25.8 Å². The first-order chi connectivity index (χ1) is 13.8. The van der Waals surface area contributed by atoms with Crippen molar-refractivity contribution in [3.05, 3.63) is 42.1 Å². The van der Waals surface area contributed by atoms with Crippen LogP contribution in [0.15, 0.2) is 40.2 Å². The molecule has 0 amide bonds. The molecule has 0 spiro atoms. The summed E-state index contributed by atoms with van der Waals surface area (Å²) < 4.78 is 7.72. The zero-order valence-corrected chi connectivity index (χ0v) is 20.0. The van der Waals surface area contributed by atoms with Crippen molar-refractivity contribution in [1.82, 2.24) is 25.3 Å². The predicted octanol–water partition coefficient (Wildman–Crippen LogP) is 3.57. The van der Waals surface area contributed by atoms with E-state index in [1.54, 1.807) is 6.26 Å². The molecule has 8 heteroatoms. The van der Waals surface area contributed by atoms with Crippen molar-refractivity contribution >= 4 is 29.9 Å². The SMILES string of the molecule is CCNC(=NCC(c1ccco1)N1CCCCC1)NCCCn1cc(C)cn1.I. The number of aromatic nitrogens is 2. The minimum atomic E-state index is 0. The molecular formula is C21H35IN6O. The topological polar surface area (TPSA) is 70.6 Å². The summed E-state index contributed by atoms with van der Waals surface area (Å²) in [5.74, 6) is 1.88. The van der Waals surface area contributed by atoms with Gasteiger partial charge in [-0.2, -0.15) is 5.10 Å². The Kier molecular flexibility index (Phi) is 10.5. The highest BCUT2D eigenvalue weighted by Gasteiger charge is 2.24. The molecule has 1 saturated heterocycles. The van der Waals surface area contributed by atoms with Gasteiger partial charge in [0.15, 0.2) is 5.96 Å². The molecule has 2 aromatic heterocycles. The van der Waals surface area contributed by atoms with E-state index >= 15 is 0 Å². The number of piperidine rings is 1. The number of likely N-dealkylation sites (tertiary alicyclic amines) is 1. The molecule has 1 atom stereocenters. The van der Waals surface area contributed by atoms with E-state index < -0.39 is 0 Å². The number of nitrogens with zero attached hydrogens (tertiary/aromatic N) is 4. The lowest BCUT2D eigenvalue weighted by atomic mass is 10.1. The van der Waals surface area contributed by atoms with Crippen LogP contribution in [0.3, 0.4) is 0 Å². The van der Waals surface area contributed by atoms with E-state index in [9.17, 15) is 0 Å². The van der Waals surface area contributed by atoms with Gasteiger partial charge in [-0.1, -0.05) is 6.42 Å². The molecule has 2 aromatic rings. The molecule has 1 aliphatic rings. The van der Waals surface area contributed by atoms with E-state index in [2.05, 4.69) is 46.7 Å². The molecule has 162 valence electrons. The van der Waals surface area contributed by atoms with Crippen molar-refractivity contribution < 1.29 is 4.42 Å². The summed E-state index contributed by atoms with van der Waals surface area (Å²) >= 11 is 0. The van der Waals surface area contributed by atoms with Crippen LogP contribution >= 0.6 is 24.0 Å². The number of aryl methyl sites for hydroxylation is 2. The van der Waals surface area contributed by atoms with Gasteiger partial charge in [0.05, 0.1) is 25.0 Å². The van der Waals surface area contributed by atoms with Crippen molar-refractivity contribution in [1.29, 1.82) is 0 Å². The minimum Gasteiger partial charge on any atom is -0.468 e. The maximum atomic E-state index is 5.73. The molecule has 3 rings (SSSR count). The standard InChI is InChI=1S/C21H34N6O.HI/c1-3-22-21(23-10-8-13-27-17-18(2)15-25-27)24-16-19(20-9-7-14-28-20)26-11-5-4-6-12-26;/h7,9,14-15,17,19H,3-6,8,10-13,16H2,1-2H3,(H2,22,23,24);1H. The Bertz CT molecular complexity index is 709. The van der Waals surface area contributed by atoms with Crippen LogP contribution in [0.5, 0.6) is 0 Å². The molecule has 0 saturated carbocycles. The molecule has 1 fully saturated rings. The first-order valence-corrected chi connectivity index (χ1v) is 10.5. The van der Waals surface area contributed by atoms with E-state index in [-0.39, 0.29) is 30.0 Å². The molecule has 7 nitrogen and oxygen atoms in total. The van der Waals surface area contributed by atoms with Crippen molar-refractivity contribution in [2.24, 2.45) is 4.99 Å². The van der Waals surface area contributed by atoms with E-state index in [0.717, 1.165) is 50.9 Å². The molecule has 1 unspecified atom stereocenters. The fourth-order valence-corrected chi connectivity index (χ4v) is 3.65. The summed E-state index contributed by atoms with van der Waals surface area (Å²) in [5.41, 5.74) is 1.20. The van der Waals surface area contributed by atoms with Gasteiger partial charge < -0.3 is 15.1 Å². The molecular weight excluding hydrogens is 479 g/mol. The smallest absolute Gasteiger partial charge is 0.191 e. The van der Waals surface area contributed by atoms with Gasteiger partial charge >= 0.3 is 0 Å². The number of furan rings is 1. The Balaban J connectivity index is 0.00000300. The second-order valence-corrected chi connectivity index (χ2v) is 7.41. The van der Waals surface area contributed by atoms with E-state index in [1.807, 2.05) is 16.9 Å². The summed E-state index contributed by atoms with van der Waals surface area (Å²) in [6.07, 6.45) is 10.6. The Morgan fingerprint density at radius 3 is 2.76 bits per heavy atom. The van der Waals surface area contributed by atoms with E-state index in [0.29, 0.717) is 6.54 Å². The Morgan fingerprint density at radius 2 is 2.10 bits per heavy atom. The van der Waals surface area contributed by atoms with Crippen molar-refractivity contribution in [2.45, 2.75) is 52.1 Å². The van der Waals surface area contributed by atoms with Crippen LogP contribution in [0.4, 0.5) is 0 Å². The quantitative estimate of drug-likeness (QED) is 0.232. The molecule has 0 bridgehead atoms. The minimum absolute atomic E-state index is 0. The van der Waals surface area contributed by atoms with Gasteiger partial charge in [0.2, 0.25) is 0 Å². The normalized spacial score (nSPS) is 16.3. The van der Waals surface area contributed by atoms with Crippen molar-refractivity contribution in [3.8, 4) is 0 Å². The van der Waals surface area contributed by atoms with Crippen molar-refractivity contribution in [3.63, 3.8) is 0 Å². The number of nitrogens with one attached hydrogen (secondary N) is 2. The van der Waals surface area contributed by atoms with Gasteiger partial charge in [-0.15, -0.1) is 24.0 Å². The maximum Gasteiger partial charge on any atom is 0.191 e. The van der Waals surface area contributed by atoms with Gasteiger partial charge in [-0.05, 0) is 63.9 Å². The summed E-state index contributed by atoms with van der Waals surface area (Å²) in [6.45, 7) is 9.71. The third kappa shape index (κ3) is 7.65. The molecule has 1 aliphatic heterocycles. The zero-order valence-electron chi connectivity index (χ0n) is 17.6. The largest absolute Gasteiger partial charge is 0.468 e. The van der Waals surface area contributed by atoms with Crippen LogP contribution < -0.4 is 10.6 Å². The van der Waals surface area contributed by atoms with Gasteiger partial charge in [0.25, 0.3) is 0 Å². The number of aliphatic imine (C=N–C) groups is 1. The molecule has 0 radical (unpaired) electrons. The number of guanidine groups is 1. The molecule has 3 heterocycles. The number of hydrogen-bond acceptors (Lipinski definition) is 4. The lowest BCUT2D eigenvalue weighted by Gasteiger charge is -2.32. The number of rotatable bonds is 9. The summed E-state index contributed by atoms with van der Waals surface area (Å²) in [4.78, 5) is 7.37. The molecule has 0 aliphatic carbocycles. The third-order valence-corrected chi connectivity index (χ3v) is 5.09. The number of hydrogen-bond donors (Lipinski definition) is 2. The Hall–Kier alpha value is -1.55. The maximum absolute atomic E-state index is 5.73. The van der Waals surface area contributed by atoms with Gasteiger partial charge in [-0.3, -0.25) is 14.6 Å². The summed E-state index contributed by atoms with van der Waals surface area (Å²) in [6, 6.07) is 4.25. The lowest BCUT2D eigenvalue weighted by Crippen LogP contribution is -2.40. The van der Waals surface area contributed by atoms with Crippen LogP contribution in [0, 0.1) is 6.92 Å². The van der Waals surface area contributed by atoms with Gasteiger partial charge in [-0.25, -0.2) is 0 Å². The van der Waals surface area contributed by atoms with Crippen LogP contribution in [-0.2, 0) is 6.54 Å². The van der Waals surface area contributed by atoms with Crippen LogP contribution in [0.25, 0.3) is 0 Å². The van der Waals surface area contributed by atoms with Crippen LogP contribution in [0.1, 0.15) is 50.0 Å². The Labute approximate surface area is 191 Å². The average Bonchev–Trinajstić information content (AvgIpc) is 3.38. The fraction of sp³-hybridized carbons (Fsp3) is 0.619. The third-order valence-electron chi connectivity index (χ3n) is 5.09. The highest BCUT2D eigenvalue weighted by molar-refractivity contribution is 14.0. The first kappa shape index (κ1) is 23.7. The molecule has 29 heavy (non-hydrogen) atoms. The highest BCUT2D eigenvalue weighted by atomic mass is 127. The zero-order chi connectivity index (χ0) is 19.6. The molecule has 0 aromatic carbocycles. The highest BCUT2D eigenvalue weighted by Crippen LogP contribution is 2.25. The van der Waals surface area contributed by atoms with Gasteiger partial charge in [0.1, 0.15) is 5.76 Å². The first-order valence-electron chi connectivity index (χ1n) is 10.5. The van der Waals surface area contributed by atoms with Crippen molar-refractivity contribution in [2.75, 3.05) is 32.7 Å². The second kappa shape index (κ2) is 12.9. The van der Waals surface area contributed by atoms with E-state index in [4.69, 9.17) is 9.41 Å². The Morgan fingerprint density at radius 1 is 1.28 bits per heavy atom. The molecule has 2 N–H and O–H groups in total. The lowest BCUT2D eigenvalue weighted by molar-refractivity contribution is 0.150. The predicted molar refractivity (Wildman–Crippen MR) is 128 cm³/mol.